The number of nitrogens with zero attached hydrogens (tertiary/aromatic N) is 1. The molecule has 0 atom stereocenters. The highest BCUT2D eigenvalue weighted by Gasteiger charge is 2.18. The molecule has 0 radical (unpaired) electrons. The summed E-state index contributed by atoms with van der Waals surface area (Å²) in [5.74, 6) is -2.63. The van der Waals surface area contributed by atoms with Crippen molar-refractivity contribution in [3.63, 3.8) is 0 Å². The van der Waals surface area contributed by atoms with Crippen molar-refractivity contribution in [1.29, 1.82) is 0 Å². The van der Waals surface area contributed by atoms with Gasteiger partial charge in [-0.05, 0) is 50.1 Å². The number of nitrogens with one attached hydrogen (secondary N) is 1. The van der Waals surface area contributed by atoms with E-state index in [1.807, 2.05) is 0 Å². The Morgan fingerprint density at radius 3 is 2.58 bits per heavy atom. The summed E-state index contributed by atoms with van der Waals surface area (Å²) >= 11 is 6.82. The Hall–Kier alpha value is -3.50. The lowest BCUT2D eigenvalue weighted by atomic mass is 10.1. The standard InChI is InChI=1S/C25H23ClF2N2O5S/c1-14(24(32)33)10-17-18(27)11-15(12-19(17)28)23(31)30-25-29-20(13-36-25)16-6-5-7-21(22(16)34-2)35-9-4-3-8-26/h5-7,10-13H,3-4,8-9H2,1-2H3,(H,32,33)(H,29,30,31). The van der Waals surface area contributed by atoms with Crippen LogP contribution in [0.15, 0.2) is 41.3 Å². The highest BCUT2D eigenvalue weighted by molar-refractivity contribution is 7.14. The summed E-state index contributed by atoms with van der Waals surface area (Å²) in [6.45, 7) is 1.68. The fourth-order valence-corrected chi connectivity index (χ4v) is 4.07. The van der Waals surface area contributed by atoms with Crippen LogP contribution >= 0.6 is 22.9 Å². The second-order valence-corrected chi connectivity index (χ2v) is 8.80. The molecule has 2 aromatic carbocycles. The van der Waals surface area contributed by atoms with Gasteiger partial charge in [-0.2, -0.15) is 0 Å². The predicted molar refractivity (Wildman–Crippen MR) is 135 cm³/mol. The lowest BCUT2D eigenvalue weighted by Crippen LogP contribution is -2.13. The highest BCUT2D eigenvalue weighted by atomic mass is 35.5. The number of hydrogen-bond donors (Lipinski definition) is 2. The highest BCUT2D eigenvalue weighted by Crippen LogP contribution is 2.39. The first kappa shape index (κ1) is 27.1. The van der Waals surface area contributed by atoms with Crippen LogP contribution in [0, 0.1) is 11.6 Å². The summed E-state index contributed by atoms with van der Waals surface area (Å²) in [5.41, 5.74) is 0.0867. The van der Waals surface area contributed by atoms with Crippen LogP contribution in [0.25, 0.3) is 17.3 Å². The Morgan fingerprint density at radius 2 is 1.94 bits per heavy atom. The number of carbonyl (C=O) groups excluding carboxylic acids is 1. The molecule has 1 amide bonds. The van der Waals surface area contributed by atoms with Crippen LogP contribution in [0.2, 0.25) is 0 Å². The van der Waals surface area contributed by atoms with Crippen LogP contribution in [0.4, 0.5) is 13.9 Å². The number of amides is 1. The number of hydrogen-bond acceptors (Lipinski definition) is 6. The number of aliphatic carboxylic acids is 1. The van der Waals surface area contributed by atoms with Crippen LogP contribution in [-0.2, 0) is 4.79 Å². The maximum atomic E-state index is 14.4. The first-order valence-corrected chi connectivity index (χ1v) is 12.2. The molecule has 0 aliphatic rings. The maximum absolute atomic E-state index is 14.4. The fraction of sp³-hybridized carbons (Fsp3) is 0.240. The van der Waals surface area contributed by atoms with Gasteiger partial charge in [0.25, 0.3) is 5.91 Å². The molecule has 0 unspecified atom stereocenters. The lowest BCUT2D eigenvalue weighted by molar-refractivity contribution is -0.132. The van der Waals surface area contributed by atoms with E-state index < -0.39 is 29.1 Å². The van der Waals surface area contributed by atoms with Crippen molar-refractivity contribution in [1.82, 2.24) is 4.98 Å². The Balaban J connectivity index is 1.79. The molecule has 3 aromatic rings. The van der Waals surface area contributed by atoms with Gasteiger partial charge >= 0.3 is 5.97 Å². The number of benzene rings is 2. The van der Waals surface area contributed by atoms with Gasteiger partial charge < -0.3 is 14.6 Å². The molecule has 0 aliphatic carbocycles. The third kappa shape index (κ3) is 6.58. The molecule has 0 saturated carbocycles. The van der Waals surface area contributed by atoms with Gasteiger partial charge in [0, 0.05) is 33.5 Å². The third-order valence-corrected chi connectivity index (χ3v) is 6.03. The molecule has 0 bridgehead atoms. The number of methoxy groups -OCH3 is 1. The normalized spacial score (nSPS) is 11.3. The Morgan fingerprint density at radius 1 is 1.22 bits per heavy atom. The number of unbranched alkanes of at least 4 members (excludes halogenated alkanes) is 1. The van der Waals surface area contributed by atoms with Gasteiger partial charge in [-0.3, -0.25) is 10.1 Å². The van der Waals surface area contributed by atoms with Crippen molar-refractivity contribution in [3.05, 3.63) is 64.0 Å². The number of aromatic nitrogens is 1. The number of carboxylic acids is 1. The van der Waals surface area contributed by atoms with Crippen LogP contribution in [0.1, 0.15) is 35.7 Å². The first-order chi connectivity index (χ1) is 17.2. The third-order valence-electron chi connectivity index (χ3n) is 5.01. The van der Waals surface area contributed by atoms with Gasteiger partial charge in [-0.25, -0.2) is 18.6 Å². The minimum Gasteiger partial charge on any atom is -0.492 e. The van der Waals surface area contributed by atoms with Crippen LogP contribution < -0.4 is 14.8 Å². The zero-order valence-corrected chi connectivity index (χ0v) is 21.0. The second-order valence-electron chi connectivity index (χ2n) is 7.56. The van der Waals surface area contributed by atoms with E-state index in [2.05, 4.69) is 10.3 Å². The molecular weight excluding hydrogens is 514 g/mol. The van der Waals surface area contributed by atoms with Gasteiger partial charge in [0.2, 0.25) is 0 Å². The summed E-state index contributed by atoms with van der Waals surface area (Å²) in [7, 11) is 1.51. The molecule has 2 N–H and O–H groups in total. The summed E-state index contributed by atoms with van der Waals surface area (Å²) in [6, 6.07) is 7.03. The Kier molecular flexibility index (Phi) is 9.38. The zero-order chi connectivity index (χ0) is 26.2. The summed E-state index contributed by atoms with van der Waals surface area (Å²) in [4.78, 5) is 27.9. The summed E-state index contributed by atoms with van der Waals surface area (Å²) in [6.07, 6.45) is 2.49. The number of alkyl halides is 1. The molecule has 36 heavy (non-hydrogen) atoms. The Bertz CT molecular complexity index is 1270. The van der Waals surface area contributed by atoms with E-state index in [0.717, 1.165) is 42.4 Å². The molecule has 0 saturated heterocycles. The molecular formula is C25H23ClF2N2O5S. The second kappa shape index (κ2) is 12.5. The smallest absolute Gasteiger partial charge is 0.331 e. The van der Waals surface area contributed by atoms with E-state index in [1.165, 1.54) is 14.0 Å². The van der Waals surface area contributed by atoms with E-state index in [1.54, 1.807) is 23.6 Å². The molecule has 0 aliphatic heterocycles. The summed E-state index contributed by atoms with van der Waals surface area (Å²) < 4.78 is 40.2. The first-order valence-electron chi connectivity index (χ1n) is 10.8. The molecule has 1 heterocycles. The SMILES string of the molecule is COc1c(OCCCCCl)cccc1-c1csc(NC(=O)c2cc(F)c(C=C(C)C(=O)O)c(F)c2)n1. The predicted octanol–water partition coefficient (Wildman–Crippen LogP) is 6.23. The average Bonchev–Trinajstić information content (AvgIpc) is 3.31. The van der Waals surface area contributed by atoms with Gasteiger partial charge in [-0.1, -0.05) is 6.07 Å². The van der Waals surface area contributed by atoms with Crippen molar-refractivity contribution in [2.24, 2.45) is 0 Å². The van der Waals surface area contributed by atoms with E-state index in [4.69, 9.17) is 26.2 Å². The zero-order valence-electron chi connectivity index (χ0n) is 19.4. The molecule has 3 rings (SSSR count). The lowest BCUT2D eigenvalue weighted by Gasteiger charge is -2.13. The van der Waals surface area contributed by atoms with Gasteiger partial charge in [0.05, 0.1) is 19.4 Å². The average molecular weight is 537 g/mol. The molecule has 7 nitrogen and oxygen atoms in total. The van der Waals surface area contributed by atoms with E-state index in [-0.39, 0.29) is 16.3 Å². The molecule has 190 valence electrons. The van der Waals surface area contributed by atoms with Crippen molar-refractivity contribution in [2.75, 3.05) is 24.9 Å². The van der Waals surface area contributed by atoms with E-state index >= 15 is 0 Å². The van der Waals surface area contributed by atoms with Crippen molar-refractivity contribution in [2.45, 2.75) is 19.8 Å². The number of halogens is 3. The number of para-hydroxylation sites is 1. The van der Waals surface area contributed by atoms with Crippen LogP contribution in [-0.4, -0.2) is 41.6 Å². The minimum absolute atomic E-state index is 0.206. The van der Waals surface area contributed by atoms with E-state index in [0.29, 0.717) is 35.2 Å². The van der Waals surface area contributed by atoms with Crippen molar-refractivity contribution < 1.29 is 33.0 Å². The molecule has 11 heteroatoms. The van der Waals surface area contributed by atoms with E-state index in [9.17, 15) is 18.4 Å². The Labute approximate surface area is 215 Å². The fourth-order valence-electron chi connectivity index (χ4n) is 3.18. The summed E-state index contributed by atoms with van der Waals surface area (Å²) in [5, 5.41) is 13.4. The number of rotatable bonds is 11. The van der Waals surface area contributed by atoms with Gasteiger partial charge in [0.15, 0.2) is 16.6 Å². The van der Waals surface area contributed by atoms with Crippen molar-refractivity contribution in [3.8, 4) is 22.8 Å². The quantitative estimate of drug-likeness (QED) is 0.171. The largest absolute Gasteiger partial charge is 0.492 e. The van der Waals surface area contributed by atoms with Crippen LogP contribution in [0.3, 0.4) is 0 Å². The number of ether oxygens (including phenoxy) is 2. The number of anilines is 1. The monoisotopic (exact) mass is 536 g/mol. The number of carboxylic acid groups (broad SMARTS) is 1. The number of carbonyl (C=O) groups is 2. The van der Waals surface area contributed by atoms with Crippen LogP contribution in [0.5, 0.6) is 11.5 Å². The number of thiazole rings is 1. The molecule has 0 spiro atoms. The van der Waals surface area contributed by atoms with Gasteiger partial charge in [-0.15, -0.1) is 22.9 Å². The topological polar surface area (TPSA) is 97.8 Å². The maximum Gasteiger partial charge on any atom is 0.331 e. The molecule has 1 aromatic heterocycles. The van der Waals surface area contributed by atoms with Gasteiger partial charge in [0.1, 0.15) is 11.6 Å². The molecule has 0 fully saturated rings. The van der Waals surface area contributed by atoms with Crippen molar-refractivity contribution >= 4 is 46.0 Å². The minimum atomic E-state index is -1.31.